The first-order valence-electron chi connectivity index (χ1n) is 7.00. The lowest BCUT2D eigenvalue weighted by molar-refractivity contribution is -0.140. The van der Waals surface area contributed by atoms with Crippen molar-refractivity contribution in [2.45, 2.75) is 39.3 Å². The average Bonchev–Trinajstić information content (AvgIpc) is 2.81. The van der Waals surface area contributed by atoms with Crippen molar-refractivity contribution in [3.8, 4) is 0 Å². The van der Waals surface area contributed by atoms with Crippen LogP contribution in [0.5, 0.6) is 0 Å². The predicted octanol–water partition coefficient (Wildman–Crippen LogP) is 2.27. The molecular formula is C14H15F4N3O3. The zero-order valence-corrected chi connectivity index (χ0v) is 12.9. The van der Waals surface area contributed by atoms with Crippen molar-refractivity contribution in [3.05, 3.63) is 27.7 Å². The normalized spacial score (nSPS) is 11.7. The summed E-state index contributed by atoms with van der Waals surface area (Å²) in [6, 6.07) is 0.742. The van der Waals surface area contributed by atoms with E-state index in [9.17, 15) is 27.2 Å². The molecule has 6 nitrogen and oxygen atoms in total. The minimum Gasteiger partial charge on any atom is -0.469 e. The van der Waals surface area contributed by atoms with Gasteiger partial charge in [0.15, 0.2) is 5.65 Å². The van der Waals surface area contributed by atoms with Crippen LogP contribution in [-0.4, -0.2) is 33.9 Å². The maximum Gasteiger partial charge on any atom is 0.307 e. The van der Waals surface area contributed by atoms with Gasteiger partial charge in [-0.1, -0.05) is 0 Å². The van der Waals surface area contributed by atoms with Crippen LogP contribution in [0.1, 0.15) is 24.1 Å². The van der Waals surface area contributed by atoms with Crippen LogP contribution in [0.3, 0.4) is 0 Å². The number of hydrogen-bond donors (Lipinski definition) is 0. The van der Waals surface area contributed by atoms with E-state index in [1.807, 2.05) is 0 Å². The molecule has 0 amide bonds. The highest BCUT2D eigenvalue weighted by Crippen LogP contribution is 2.29. The van der Waals surface area contributed by atoms with Crippen LogP contribution in [0.2, 0.25) is 0 Å². The lowest BCUT2D eigenvalue weighted by Gasteiger charge is -2.09. The Morgan fingerprint density at radius 3 is 2.54 bits per heavy atom. The average molecular weight is 349 g/mol. The molecule has 10 heteroatoms. The summed E-state index contributed by atoms with van der Waals surface area (Å²) in [6.45, 7) is 0.434. The SMILES string of the molecule is COC(=O)CCn1c(=O)cc(C(F)F)c2c(C)n(CC(F)F)nc21. The van der Waals surface area contributed by atoms with Gasteiger partial charge in [0, 0.05) is 29.3 Å². The number of nitrogens with zero attached hydrogens (tertiary/aromatic N) is 3. The maximum absolute atomic E-state index is 13.2. The number of fused-ring (bicyclic) bond motifs is 1. The number of carbonyl (C=O) groups excluding carboxylic acids is 1. The number of hydrogen-bond acceptors (Lipinski definition) is 4. The minimum absolute atomic E-state index is 0.0601. The second kappa shape index (κ2) is 7.02. The molecule has 0 N–H and O–H groups in total. The first-order valence-corrected chi connectivity index (χ1v) is 7.00. The topological polar surface area (TPSA) is 66.1 Å². The van der Waals surface area contributed by atoms with Crippen LogP contribution in [-0.2, 0) is 22.6 Å². The standard InChI is InChI=1S/C14H15F4N3O3/c1-7-12-8(13(17)18)5-10(22)20(4-3-11(23)24-2)14(12)19-21(7)6-9(15)16/h5,9,13H,3-4,6H2,1-2H3. The fraction of sp³-hybridized carbons (Fsp3) is 0.500. The number of halogens is 4. The fourth-order valence-electron chi connectivity index (χ4n) is 2.45. The van der Waals surface area contributed by atoms with Crippen molar-refractivity contribution in [1.29, 1.82) is 0 Å². The number of rotatable bonds is 6. The van der Waals surface area contributed by atoms with E-state index >= 15 is 0 Å². The van der Waals surface area contributed by atoms with E-state index in [0.29, 0.717) is 0 Å². The number of esters is 1. The molecule has 0 aliphatic heterocycles. The molecule has 2 heterocycles. The molecule has 0 aromatic carbocycles. The number of carbonyl (C=O) groups is 1. The highest BCUT2D eigenvalue weighted by Gasteiger charge is 2.23. The number of alkyl halides is 4. The number of aromatic nitrogens is 3. The fourth-order valence-corrected chi connectivity index (χ4v) is 2.45. The Bertz CT molecular complexity index is 814. The van der Waals surface area contributed by atoms with Gasteiger partial charge in [0.2, 0.25) is 0 Å². The van der Waals surface area contributed by atoms with Crippen LogP contribution in [0.4, 0.5) is 17.6 Å². The van der Waals surface area contributed by atoms with Crippen LogP contribution >= 0.6 is 0 Å². The zero-order chi connectivity index (χ0) is 18.0. The summed E-state index contributed by atoms with van der Waals surface area (Å²) >= 11 is 0. The molecule has 2 rings (SSSR count). The summed E-state index contributed by atoms with van der Waals surface area (Å²) < 4.78 is 58.1. The molecule has 0 radical (unpaired) electrons. The molecule has 24 heavy (non-hydrogen) atoms. The zero-order valence-electron chi connectivity index (χ0n) is 12.9. The van der Waals surface area contributed by atoms with Crippen molar-refractivity contribution in [3.63, 3.8) is 0 Å². The molecule has 0 spiro atoms. The second-order valence-corrected chi connectivity index (χ2v) is 5.07. The Balaban J connectivity index is 2.65. The summed E-state index contributed by atoms with van der Waals surface area (Å²) in [5.74, 6) is -0.600. The molecule has 0 atom stereocenters. The number of aryl methyl sites for hydroxylation is 2. The summed E-state index contributed by atoms with van der Waals surface area (Å²) in [5.41, 5.74) is -1.40. The lowest BCUT2D eigenvalue weighted by atomic mass is 10.1. The third-order valence-corrected chi connectivity index (χ3v) is 3.59. The molecule has 0 aliphatic carbocycles. The quantitative estimate of drug-likeness (QED) is 0.593. The van der Waals surface area contributed by atoms with Crippen LogP contribution in [0, 0.1) is 6.92 Å². The maximum atomic E-state index is 13.2. The highest BCUT2D eigenvalue weighted by molar-refractivity contribution is 5.82. The van der Waals surface area contributed by atoms with E-state index in [0.717, 1.165) is 15.3 Å². The van der Waals surface area contributed by atoms with Gasteiger partial charge in [-0.3, -0.25) is 18.8 Å². The van der Waals surface area contributed by atoms with E-state index in [-0.39, 0.29) is 29.7 Å². The molecule has 0 fully saturated rings. The summed E-state index contributed by atoms with van der Waals surface area (Å²) in [5, 5.41) is 3.81. The number of ether oxygens (including phenoxy) is 1. The van der Waals surface area contributed by atoms with Gasteiger partial charge in [0.05, 0.1) is 13.5 Å². The first-order chi connectivity index (χ1) is 11.3. The van der Waals surface area contributed by atoms with Gasteiger partial charge in [-0.2, -0.15) is 5.10 Å². The van der Waals surface area contributed by atoms with Crippen molar-refractivity contribution in [2.75, 3.05) is 7.11 Å². The largest absolute Gasteiger partial charge is 0.469 e. The Kier molecular flexibility index (Phi) is 5.25. The smallest absolute Gasteiger partial charge is 0.307 e. The van der Waals surface area contributed by atoms with E-state index in [1.54, 1.807) is 0 Å². The van der Waals surface area contributed by atoms with E-state index in [1.165, 1.54) is 14.0 Å². The van der Waals surface area contributed by atoms with Crippen molar-refractivity contribution >= 4 is 17.0 Å². The molecular weight excluding hydrogens is 334 g/mol. The Morgan fingerprint density at radius 1 is 1.33 bits per heavy atom. The van der Waals surface area contributed by atoms with Crippen molar-refractivity contribution < 1.29 is 27.1 Å². The van der Waals surface area contributed by atoms with Crippen molar-refractivity contribution in [2.24, 2.45) is 0 Å². The van der Waals surface area contributed by atoms with Gasteiger partial charge in [-0.15, -0.1) is 0 Å². The number of methoxy groups -OCH3 is 1. The Morgan fingerprint density at radius 2 is 2.00 bits per heavy atom. The van der Waals surface area contributed by atoms with Gasteiger partial charge in [-0.25, -0.2) is 17.6 Å². The highest BCUT2D eigenvalue weighted by atomic mass is 19.3. The first kappa shape index (κ1) is 18.0. The molecule has 132 valence electrons. The molecule has 2 aromatic rings. The predicted molar refractivity (Wildman–Crippen MR) is 76.3 cm³/mol. The molecule has 0 aliphatic rings. The van der Waals surface area contributed by atoms with Gasteiger partial charge < -0.3 is 4.74 Å². The molecule has 0 unspecified atom stereocenters. The van der Waals surface area contributed by atoms with Gasteiger partial charge >= 0.3 is 5.97 Å². The lowest BCUT2D eigenvalue weighted by Crippen LogP contribution is -2.23. The van der Waals surface area contributed by atoms with Gasteiger partial charge in [-0.05, 0) is 6.92 Å². The summed E-state index contributed by atoms with van der Waals surface area (Å²) in [7, 11) is 1.17. The summed E-state index contributed by atoms with van der Waals surface area (Å²) in [6.07, 6.45) is -5.87. The Labute approximate surface area is 133 Å². The second-order valence-electron chi connectivity index (χ2n) is 5.07. The molecule has 2 aromatic heterocycles. The van der Waals surface area contributed by atoms with Crippen molar-refractivity contribution in [1.82, 2.24) is 14.3 Å². The Hall–Kier alpha value is -2.39. The van der Waals surface area contributed by atoms with Crippen LogP contribution in [0.15, 0.2) is 10.9 Å². The van der Waals surface area contributed by atoms with E-state index in [4.69, 9.17) is 0 Å². The van der Waals surface area contributed by atoms with Gasteiger partial charge in [0.1, 0.15) is 6.54 Å². The monoisotopic (exact) mass is 349 g/mol. The minimum atomic E-state index is -2.96. The molecule has 0 bridgehead atoms. The van der Waals surface area contributed by atoms with E-state index < -0.39 is 36.5 Å². The van der Waals surface area contributed by atoms with Gasteiger partial charge in [0.25, 0.3) is 18.4 Å². The molecule has 0 saturated carbocycles. The van der Waals surface area contributed by atoms with E-state index in [2.05, 4.69) is 9.84 Å². The number of pyridine rings is 1. The summed E-state index contributed by atoms with van der Waals surface area (Å²) in [4.78, 5) is 23.3. The third-order valence-electron chi connectivity index (χ3n) is 3.59. The van der Waals surface area contributed by atoms with Crippen LogP contribution < -0.4 is 5.56 Å². The third kappa shape index (κ3) is 3.41. The molecule has 0 saturated heterocycles. The van der Waals surface area contributed by atoms with Crippen LogP contribution in [0.25, 0.3) is 11.0 Å².